The number of likely N-dealkylation sites (tertiary alicyclic amines) is 1. The summed E-state index contributed by atoms with van der Waals surface area (Å²) >= 11 is 0. The maximum Gasteiger partial charge on any atom is 0.257 e. The molecule has 9 heteroatoms. The molecule has 0 amide bonds. The van der Waals surface area contributed by atoms with E-state index in [1.165, 1.54) is 25.7 Å². The van der Waals surface area contributed by atoms with Crippen LogP contribution in [0.5, 0.6) is 0 Å². The molecule has 2 heterocycles. The summed E-state index contributed by atoms with van der Waals surface area (Å²) in [4.78, 5) is 2.26. The lowest BCUT2D eigenvalue weighted by atomic mass is 10.1. The average molecular weight is 362 g/mol. The van der Waals surface area contributed by atoms with Gasteiger partial charge in [0.1, 0.15) is 11.4 Å². The molecule has 24 heavy (non-hydrogen) atoms. The van der Waals surface area contributed by atoms with Crippen LogP contribution in [0.2, 0.25) is 0 Å². The van der Waals surface area contributed by atoms with Gasteiger partial charge in [0.25, 0.3) is 6.43 Å². The standard InChI is InChI=1S/C15H24F2N4O2S/c16-15(17)11-21-10-14(7-18-21)24(22,23)19-13-5-6-20(9-13)8-12-3-1-2-4-12/h7,10,12-13,15,19H,1-6,8-9,11H2/t13-/m1/s1. The van der Waals surface area contributed by atoms with Crippen molar-refractivity contribution in [1.29, 1.82) is 0 Å². The molecule has 2 aliphatic rings. The van der Waals surface area contributed by atoms with Gasteiger partial charge in [-0.25, -0.2) is 21.9 Å². The molecule has 6 nitrogen and oxygen atoms in total. The van der Waals surface area contributed by atoms with Crippen LogP contribution in [0.1, 0.15) is 32.1 Å². The van der Waals surface area contributed by atoms with Crippen LogP contribution in [0.15, 0.2) is 17.3 Å². The van der Waals surface area contributed by atoms with Gasteiger partial charge in [-0.1, -0.05) is 12.8 Å². The first-order valence-electron chi connectivity index (χ1n) is 8.47. The first-order chi connectivity index (χ1) is 11.4. The Labute approximate surface area is 141 Å². The first-order valence-corrected chi connectivity index (χ1v) is 9.96. The Morgan fingerprint density at radius 1 is 1.29 bits per heavy atom. The van der Waals surface area contributed by atoms with E-state index >= 15 is 0 Å². The third-order valence-electron chi connectivity index (χ3n) is 4.83. The fraction of sp³-hybridized carbons (Fsp3) is 0.800. The molecule has 1 atom stereocenters. The van der Waals surface area contributed by atoms with E-state index in [1.54, 1.807) is 0 Å². The average Bonchev–Trinajstić information content (AvgIpc) is 3.21. The van der Waals surface area contributed by atoms with E-state index < -0.39 is 23.0 Å². The van der Waals surface area contributed by atoms with Gasteiger partial charge in [-0.3, -0.25) is 4.68 Å². The number of hydrogen-bond acceptors (Lipinski definition) is 4. The quantitative estimate of drug-likeness (QED) is 0.802. The second-order valence-electron chi connectivity index (χ2n) is 6.81. The van der Waals surface area contributed by atoms with Gasteiger partial charge < -0.3 is 4.90 Å². The lowest BCUT2D eigenvalue weighted by Crippen LogP contribution is -2.37. The number of aromatic nitrogens is 2. The van der Waals surface area contributed by atoms with Crippen LogP contribution in [0.4, 0.5) is 8.78 Å². The van der Waals surface area contributed by atoms with Crippen LogP contribution in [-0.2, 0) is 16.6 Å². The second kappa shape index (κ2) is 7.45. The Balaban J connectivity index is 1.53. The van der Waals surface area contributed by atoms with Crippen LogP contribution in [-0.4, -0.2) is 55.2 Å². The fourth-order valence-electron chi connectivity index (χ4n) is 3.66. The van der Waals surface area contributed by atoms with Crippen LogP contribution >= 0.6 is 0 Å². The zero-order chi connectivity index (χ0) is 17.2. The normalized spacial score (nSPS) is 23.5. The summed E-state index contributed by atoms with van der Waals surface area (Å²) < 4.78 is 53.0. The number of hydrogen-bond donors (Lipinski definition) is 1. The van der Waals surface area contributed by atoms with Gasteiger partial charge in [0.2, 0.25) is 10.0 Å². The molecule has 1 saturated carbocycles. The fourth-order valence-corrected chi connectivity index (χ4v) is 4.88. The monoisotopic (exact) mass is 362 g/mol. The van der Waals surface area contributed by atoms with Gasteiger partial charge in [-0.05, 0) is 31.7 Å². The topological polar surface area (TPSA) is 67.2 Å². The third kappa shape index (κ3) is 4.52. The summed E-state index contributed by atoms with van der Waals surface area (Å²) in [6, 6.07) is -0.130. The highest BCUT2D eigenvalue weighted by Crippen LogP contribution is 2.26. The number of alkyl halides is 2. The summed E-state index contributed by atoms with van der Waals surface area (Å²) in [6.45, 7) is 2.05. The Bertz CT molecular complexity index is 644. The van der Waals surface area contributed by atoms with E-state index in [4.69, 9.17) is 0 Å². The van der Waals surface area contributed by atoms with Gasteiger partial charge >= 0.3 is 0 Å². The molecule has 2 fully saturated rings. The van der Waals surface area contributed by atoms with Crippen molar-refractivity contribution in [3.63, 3.8) is 0 Å². The molecule has 1 saturated heterocycles. The number of halogens is 2. The van der Waals surface area contributed by atoms with E-state index in [0.717, 1.165) is 42.5 Å². The van der Waals surface area contributed by atoms with Crippen molar-refractivity contribution in [3.05, 3.63) is 12.4 Å². The van der Waals surface area contributed by atoms with Gasteiger partial charge in [0, 0.05) is 25.3 Å². The van der Waals surface area contributed by atoms with E-state index in [0.29, 0.717) is 6.54 Å². The van der Waals surface area contributed by atoms with Gasteiger partial charge in [-0.15, -0.1) is 0 Å². The highest BCUT2D eigenvalue weighted by Gasteiger charge is 2.29. The first kappa shape index (κ1) is 17.8. The highest BCUT2D eigenvalue weighted by molar-refractivity contribution is 7.89. The van der Waals surface area contributed by atoms with Crippen molar-refractivity contribution in [2.75, 3.05) is 19.6 Å². The minimum atomic E-state index is -3.71. The lowest BCUT2D eigenvalue weighted by Gasteiger charge is -2.20. The summed E-state index contributed by atoms with van der Waals surface area (Å²) in [5.41, 5.74) is 0. The number of rotatable bonds is 7. The number of nitrogens with zero attached hydrogens (tertiary/aromatic N) is 3. The molecule has 0 unspecified atom stereocenters. The summed E-state index contributed by atoms with van der Waals surface area (Å²) in [5.74, 6) is 0.743. The molecule has 1 aliphatic heterocycles. The molecular weight excluding hydrogens is 338 g/mol. The zero-order valence-corrected chi connectivity index (χ0v) is 14.4. The molecule has 1 aromatic heterocycles. The SMILES string of the molecule is O=S(=O)(N[C@@H]1CCN(CC2CCCC2)C1)c1cnn(CC(F)F)c1. The third-order valence-corrected chi connectivity index (χ3v) is 6.31. The molecule has 0 bridgehead atoms. The number of sulfonamides is 1. The summed E-state index contributed by atoms with van der Waals surface area (Å²) in [5, 5.41) is 3.69. The molecule has 1 aromatic rings. The van der Waals surface area contributed by atoms with Crippen molar-refractivity contribution in [3.8, 4) is 0 Å². The molecular formula is C15H24F2N4O2S. The van der Waals surface area contributed by atoms with Gasteiger partial charge in [-0.2, -0.15) is 5.10 Å². The van der Waals surface area contributed by atoms with Gasteiger partial charge in [0.05, 0.1) is 6.20 Å². The van der Waals surface area contributed by atoms with Crippen molar-refractivity contribution in [2.24, 2.45) is 5.92 Å². The molecule has 1 aliphatic carbocycles. The minimum absolute atomic E-state index is 0.0580. The Morgan fingerprint density at radius 3 is 2.75 bits per heavy atom. The molecule has 0 radical (unpaired) electrons. The minimum Gasteiger partial charge on any atom is -0.301 e. The van der Waals surface area contributed by atoms with E-state index in [1.807, 2.05) is 0 Å². The predicted molar refractivity (Wildman–Crippen MR) is 85.4 cm³/mol. The Morgan fingerprint density at radius 2 is 2.04 bits per heavy atom. The Hall–Kier alpha value is -1.06. The molecule has 0 aromatic carbocycles. The molecule has 136 valence electrons. The molecule has 1 N–H and O–H groups in total. The Kier molecular flexibility index (Phi) is 5.51. The number of nitrogens with one attached hydrogen (secondary N) is 1. The van der Waals surface area contributed by atoms with E-state index in [2.05, 4.69) is 14.7 Å². The lowest BCUT2D eigenvalue weighted by molar-refractivity contribution is 0.121. The maximum atomic E-state index is 12.4. The summed E-state index contributed by atoms with van der Waals surface area (Å²) in [7, 11) is -3.71. The predicted octanol–water partition coefficient (Wildman–Crippen LogP) is 1.69. The zero-order valence-electron chi connectivity index (χ0n) is 13.6. The van der Waals surface area contributed by atoms with Crippen molar-refractivity contribution in [2.45, 2.75) is 56.0 Å². The molecule has 3 rings (SSSR count). The van der Waals surface area contributed by atoms with Gasteiger partial charge in [0.15, 0.2) is 0 Å². The summed E-state index contributed by atoms with van der Waals surface area (Å²) in [6.07, 6.45) is 5.64. The second-order valence-corrected chi connectivity index (χ2v) is 8.52. The van der Waals surface area contributed by atoms with Crippen LogP contribution < -0.4 is 4.72 Å². The van der Waals surface area contributed by atoms with E-state index in [9.17, 15) is 17.2 Å². The smallest absolute Gasteiger partial charge is 0.257 e. The van der Waals surface area contributed by atoms with E-state index in [-0.39, 0.29) is 10.9 Å². The molecule has 0 spiro atoms. The van der Waals surface area contributed by atoms with Crippen LogP contribution in [0.25, 0.3) is 0 Å². The van der Waals surface area contributed by atoms with Crippen molar-refractivity contribution in [1.82, 2.24) is 19.4 Å². The largest absolute Gasteiger partial charge is 0.301 e. The van der Waals surface area contributed by atoms with Crippen LogP contribution in [0, 0.1) is 5.92 Å². The van der Waals surface area contributed by atoms with Crippen LogP contribution in [0.3, 0.4) is 0 Å². The highest BCUT2D eigenvalue weighted by atomic mass is 32.2. The maximum absolute atomic E-state index is 12.4. The van der Waals surface area contributed by atoms with Crippen molar-refractivity contribution < 1.29 is 17.2 Å². The van der Waals surface area contributed by atoms with Crippen molar-refractivity contribution >= 4 is 10.0 Å².